The van der Waals surface area contributed by atoms with Crippen LogP contribution in [0.1, 0.15) is 12.6 Å². The lowest BCUT2D eigenvalue weighted by Gasteiger charge is -2.14. The maximum absolute atomic E-state index is 11.0. The van der Waals surface area contributed by atoms with Crippen LogP contribution in [-0.4, -0.2) is 38.8 Å². The summed E-state index contributed by atoms with van der Waals surface area (Å²) in [5, 5.41) is 13.1. The summed E-state index contributed by atoms with van der Waals surface area (Å²) in [4.78, 5) is 13.2. The number of likely N-dealkylation sites (tertiary alicyclic amines) is 1. The Bertz CT molecular complexity index is 388. The monoisotopic (exact) mass is 223 g/mol. The lowest BCUT2D eigenvalue weighted by atomic mass is 9.99. The van der Waals surface area contributed by atoms with Crippen LogP contribution in [0.2, 0.25) is 0 Å². The van der Waals surface area contributed by atoms with Crippen LogP contribution in [0.25, 0.3) is 0 Å². The van der Waals surface area contributed by atoms with Gasteiger partial charge in [0.05, 0.1) is 11.6 Å². The quantitative estimate of drug-likeness (QED) is 0.814. The zero-order chi connectivity index (χ0) is 11.7. The molecule has 1 aliphatic heterocycles. The molecule has 0 aromatic carbocycles. The Morgan fingerprint density at radius 3 is 2.88 bits per heavy atom. The van der Waals surface area contributed by atoms with Crippen molar-refractivity contribution in [1.29, 1.82) is 0 Å². The van der Waals surface area contributed by atoms with Crippen LogP contribution in [0.4, 0.5) is 0 Å². The predicted molar refractivity (Wildman–Crippen MR) is 58.8 cm³/mol. The highest BCUT2D eigenvalue weighted by Crippen LogP contribution is 2.24. The van der Waals surface area contributed by atoms with Gasteiger partial charge < -0.3 is 5.11 Å². The van der Waals surface area contributed by atoms with E-state index in [1.54, 1.807) is 6.20 Å². The zero-order valence-electron chi connectivity index (χ0n) is 9.63. The van der Waals surface area contributed by atoms with Crippen LogP contribution in [0.3, 0.4) is 0 Å². The second-order valence-electron chi connectivity index (χ2n) is 4.56. The first-order valence-electron chi connectivity index (χ1n) is 5.50. The molecule has 5 heteroatoms. The van der Waals surface area contributed by atoms with Gasteiger partial charge in [-0.3, -0.25) is 14.4 Å². The molecule has 2 atom stereocenters. The van der Waals surface area contributed by atoms with E-state index in [1.807, 2.05) is 24.7 Å². The van der Waals surface area contributed by atoms with Gasteiger partial charge in [0.15, 0.2) is 0 Å². The number of carbonyl (C=O) groups is 1. The average Bonchev–Trinajstić information content (AvgIpc) is 2.75. The molecular weight excluding hydrogens is 206 g/mol. The second kappa shape index (κ2) is 4.25. The molecule has 1 fully saturated rings. The van der Waals surface area contributed by atoms with Gasteiger partial charge in [0.1, 0.15) is 0 Å². The number of carboxylic acid groups (broad SMARTS) is 1. The summed E-state index contributed by atoms with van der Waals surface area (Å²) >= 11 is 0. The minimum Gasteiger partial charge on any atom is -0.481 e. The Hall–Kier alpha value is -1.36. The van der Waals surface area contributed by atoms with Gasteiger partial charge in [0, 0.05) is 32.9 Å². The first-order chi connectivity index (χ1) is 7.58. The van der Waals surface area contributed by atoms with Crippen LogP contribution in [-0.2, 0) is 18.4 Å². The van der Waals surface area contributed by atoms with Crippen molar-refractivity contribution in [2.24, 2.45) is 18.9 Å². The maximum Gasteiger partial charge on any atom is 0.308 e. The molecule has 0 unspecified atom stereocenters. The van der Waals surface area contributed by atoms with E-state index in [-0.39, 0.29) is 11.8 Å². The van der Waals surface area contributed by atoms with Gasteiger partial charge in [-0.25, -0.2) is 0 Å². The van der Waals surface area contributed by atoms with E-state index in [9.17, 15) is 4.79 Å². The average molecular weight is 223 g/mol. The van der Waals surface area contributed by atoms with Crippen molar-refractivity contribution >= 4 is 5.97 Å². The van der Waals surface area contributed by atoms with Crippen molar-refractivity contribution in [3.05, 3.63) is 18.0 Å². The normalized spacial score (nSPS) is 26.1. The van der Waals surface area contributed by atoms with E-state index >= 15 is 0 Å². The molecule has 0 amide bonds. The molecule has 2 rings (SSSR count). The third-order valence-electron chi connectivity index (χ3n) is 3.31. The first-order valence-corrected chi connectivity index (χ1v) is 5.50. The smallest absolute Gasteiger partial charge is 0.308 e. The molecule has 1 aromatic heterocycles. The van der Waals surface area contributed by atoms with Gasteiger partial charge in [0.25, 0.3) is 0 Å². The molecule has 0 bridgehead atoms. The van der Waals surface area contributed by atoms with Gasteiger partial charge >= 0.3 is 5.97 Å². The Morgan fingerprint density at radius 1 is 1.62 bits per heavy atom. The van der Waals surface area contributed by atoms with Gasteiger partial charge in [-0.1, -0.05) is 6.92 Å². The van der Waals surface area contributed by atoms with Crippen LogP contribution < -0.4 is 0 Å². The molecule has 1 aliphatic rings. The molecule has 1 saturated heterocycles. The third-order valence-corrected chi connectivity index (χ3v) is 3.31. The highest BCUT2D eigenvalue weighted by molar-refractivity contribution is 5.71. The lowest BCUT2D eigenvalue weighted by molar-refractivity contribution is -0.142. The molecule has 1 aromatic rings. The maximum atomic E-state index is 11.0. The van der Waals surface area contributed by atoms with Gasteiger partial charge in [-0.2, -0.15) is 5.10 Å². The van der Waals surface area contributed by atoms with E-state index < -0.39 is 5.97 Å². The molecule has 2 heterocycles. The van der Waals surface area contributed by atoms with Crippen molar-refractivity contribution < 1.29 is 9.90 Å². The topological polar surface area (TPSA) is 58.4 Å². The van der Waals surface area contributed by atoms with E-state index in [2.05, 4.69) is 10.00 Å². The number of aromatic nitrogens is 2. The number of hydrogen-bond acceptors (Lipinski definition) is 3. The van der Waals surface area contributed by atoms with E-state index in [1.165, 1.54) is 0 Å². The highest BCUT2D eigenvalue weighted by atomic mass is 16.4. The summed E-state index contributed by atoms with van der Waals surface area (Å²) in [5.74, 6) is -0.682. The van der Waals surface area contributed by atoms with Crippen molar-refractivity contribution in [3.8, 4) is 0 Å². The standard InChI is InChI=1S/C11H17N3O2/c1-8-5-14(7-10(8)11(15)16)6-9-3-4-12-13(9)2/h3-4,8,10H,5-7H2,1-2H3,(H,15,16)/t8-,10-/m1/s1. The van der Waals surface area contributed by atoms with Crippen molar-refractivity contribution in [1.82, 2.24) is 14.7 Å². The fraction of sp³-hybridized carbons (Fsp3) is 0.636. The van der Waals surface area contributed by atoms with Crippen LogP contribution in [0.5, 0.6) is 0 Å². The molecule has 0 aliphatic carbocycles. The lowest BCUT2D eigenvalue weighted by Crippen LogP contribution is -2.24. The fourth-order valence-electron chi connectivity index (χ4n) is 2.30. The number of rotatable bonds is 3. The number of nitrogens with zero attached hydrogens (tertiary/aromatic N) is 3. The SMILES string of the molecule is C[C@@H]1CN(Cc2ccnn2C)C[C@H]1C(=O)O. The van der Waals surface area contributed by atoms with Crippen LogP contribution in [0, 0.1) is 11.8 Å². The third kappa shape index (κ3) is 2.09. The van der Waals surface area contributed by atoms with Crippen molar-refractivity contribution in [3.63, 3.8) is 0 Å². The largest absolute Gasteiger partial charge is 0.481 e. The van der Waals surface area contributed by atoms with Crippen molar-refractivity contribution in [2.75, 3.05) is 13.1 Å². The molecule has 88 valence electrons. The van der Waals surface area contributed by atoms with E-state index in [4.69, 9.17) is 5.11 Å². The first kappa shape index (κ1) is 11.1. The Morgan fingerprint density at radius 2 is 2.38 bits per heavy atom. The van der Waals surface area contributed by atoms with E-state index in [0.717, 1.165) is 18.8 Å². The number of aryl methyl sites for hydroxylation is 1. The van der Waals surface area contributed by atoms with Gasteiger partial charge in [-0.05, 0) is 12.0 Å². The molecule has 5 nitrogen and oxygen atoms in total. The minimum atomic E-state index is -0.681. The minimum absolute atomic E-state index is 0.228. The molecule has 16 heavy (non-hydrogen) atoms. The molecular formula is C11H17N3O2. The summed E-state index contributed by atoms with van der Waals surface area (Å²) in [6.45, 7) is 4.27. The van der Waals surface area contributed by atoms with Crippen molar-refractivity contribution in [2.45, 2.75) is 13.5 Å². The van der Waals surface area contributed by atoms with Crippen LogP contribution in [0.15, 0.2) is 12.3 Å². The Balaban J connectivity index is 1.99. The number of hydrogen-bond donors (Lipinski definition) is 1. The zero-order valence-corrected chi connectivity index (χ0v) is 9.63. The molecule has 0 radical (unpaired) electrons. The Kier molecular flexibility index (Phi) is 2.96. The van der Waals surface area contributed by atoms with E-state index in [0.29, 0.717) is 6.54 Å². The summed E-state index contributed by atoms with van der Waals surface area (Å²) < 4.78 is 1.83. The summed E-state index contributed by atoms with van der Waals surface area (Å²) in [6.07, 6.45) is 1.77. The summed E-state index contributed by atoms with van der Waals surface area (Å²) in [5.41, 5.74) is 1.12. The second-order valence-corrected chi connectivity index (χ2v) is 4.56. The number of carboxylic acids is 1. The number of aliphatic carboxylic acids is 1. The summed E-state index contributed by atoms with van der Waals surface area (Å²) in [6, 6.07) is 1.97. The van der Waals surface area contributed by atoms with Gasteiger partial charge in [-0.15, -0.1) is 0 Å². The molecule has 0 saturated carbocycles. The Labute approximate surface area is 94.7 Å². The highest BCUT2D eigenvalue weighted by Gasteiger charge is 2.34. The van der Waals surface area contributed by atoms with Gasteiger partial charge in [0.2, 0.25) is 0 Å². The summed E-state index contributed by atoms with van der Waals surface area (Å²) in [7, 11) is 1.91. The molecule has 1 N–H and O–H groups in total. The fourth-order valence-corrected chi connectivity index (χ4v) is 2.30. The molecule has 0 spiro atoms. The van der Waals surface area contributed by atoms with Crippen LogP contribution >= 0.6 is 0 Å². The predicted octanol–water partition coefficient (Wildman–Crippen LogP) is 0.573.